The second kappa shape index (κ2) is 8.73. The van der Waals surface area contributed by atoms with Gasteiger partial charge in [0.05, 0.1) is 10.7 Å². The summed E-state index contributed by atoms with van der Waals surface area (Å²) in [5.74, 6) is 0.0593. The van der Waals surface area contributed by atoms with Crippen molar-refractivity contribution in [1.29, 1.82) is 0 Å². The third-order valence-electron chi connectivity index (χ3n) is 5.24. The number of nitrogens with zero attached hydrogens (tertiary/aromatic N) is 4. The summed E-state index contributed by atoms with van der Waals surface area (Å²) in [5.41, 5.74) is 1.46. The predicted molar refractivity (Wildman–Crippen MR) is 116 cm³/mol. The number of pyridine rings is 1. The van der Waals surface area contributed by atoms with Gasteiger partial charge in [-0.25, -0.2) is 4.98 Å². The summed E-state index contributed by atoms with van der Waals surface area (Å²) in [5, 5.41) is 6.04. The number of hydrogen-bond donors (Lipinski definition) is 2. The molecule has 2 aromatic heterocycles. The SMILES string of the molecule is CNC(=O)[C@@H](NC(=O)c1nc(-c2cncc(Cl)c2)n2c1CN(C)CCC2)C(C)(C)C. The number of carbonyl (C=O) groups is 2. The minimum atomic E-state index is -0.688. The molecule has 2 N–H and O–H groups in total. The fraction of sp³-hybridized carbons (Fsp3) is 0.524. The molecule has 8 nitrogen and oxygen atoms in total. The molecular weight excluding hydrogens is 404 g/mol. The molecule has 1 aliphatic rings. The molecular formula is C21H29ClN6O2. The molecule has 0 spiro atoms. The highest BCUT2D eigenvalue weighted by Gasteiger charge is 2.34. The first-order valence-corrected chi connectivity index (χ1v) is 10.4. The highest BCUT2D eigenvalue weighted by Crippen LogP contribution is 2.28. The van der Waals surface area contributed by atoms with E-state index in [0.29, 0.717) is 23.1 Å². The Labute approximate surface area is 182 Å². The van der Waals surface area contributed by atoms with E-state index in [0.717, 1.165) is 30.8 Å². The van der Waals surface area contributed by atoms with E-state index in [-0.39, 0.29) is 11.8 Å². The van der Waals surface area contributed by atoms with Crippen molar-refractivity contribution in [2.24, 2.45) is 5.41 Å². The molecule has 0 saturated carbocycles. The minimum absolute atomic E-state index is 0.238. The lowest BCUT2D eigenvalue weighted by Crippen LogP contribution is -2.53. The van der Waals surface area contributed by atoms with Crippen LogP contribution in [0.3, 0.4) is 0 Å². The summed E-state index contributed by atoms with van der Waals surface area (Å²) in [6.45, 7) is 7.98. The molecule has 3 rings (SSSR count). The van der Waals surface area contributed by atoms with Gasteiger partial charge in [0, 0.05) is 38.1 Å². The maximum Gasteiger partial charge on any atom is 0.272 e. The number of carbonyl (C=O) groups excluding carboxylic acids is 2. The monoisotopic (exact) mass is 432 g/mol. The number of amides is 2. The van der Waals surface area contributed by atoms with E-state index >= 15 is 0 Å². The van der Waals surface area contributed by atoms with Gasteiger partial charge in [-0.1, -0.05) is 32.4 Å². The van der Waals surface area contributed by atoms with E-state index in [4.69, 9.17) is 16.6 Å². The van der Waals surface area contributed by atoms with Crippen LogP contribution < -0.4 is 10.6 Å². The predicted octanol–water partition coefficient (Wildman–Crippen LogP) is 2.32. The van der Waals surface area contributed by atoms with Gasteiger partial charge in [-0.15, -0.1) is 0 Å². The molecule has 30 heavy (non-hydrogen) atoms. The molecule has 0 radical (unpaired) electrons. The Balaban J connectivity index is 2.05. The first kappa shape index (κ1) is 22.2. The van der Waals surface area contributed by atoms with Crippen LogP contribution in [0.15, 0.2) is 18.5 Å². The van der Waals surface area contributed by atoms with E-state index < -0.39 is 11.5 Å². The molecule has 1 aliphatic heterocycles. The van der Waals surface area contributed by atoms with E-state index in [1.807, 2.05) is 27.8 Å². The van der Waals surface area contributed by atoms with Crippen LogP contribution in [0, 0.1) is 5.41 Å². The number of fused-ring (bicyclic) bond motifs is 1. The highest BCUT2D eigenvalue weighted by atomic mass is 35.5. The first-order valence-electron chi connectivity index (χ1n) is 10.0. The highest BCUT2D eigenvalue weighted by molar-refractivity contribution is 6.30. The summed E-state index contributed by atoms with van der Waals surface area (Å²) < 4.78 is 2.07. The van der Waals surface area contributed by atoms with Crippen molar-refractivity contribution in [3.05, 3.63) is 34.9 Å². The van der Waals surface area contributed by atoms with E-state index in [1.165, 1.54) is 0 Å². The van der Waals surface area contributed by atoms with E-state index in [1.54, 1.807) is 25.5 Å². The molecule has 0 aromatic carbocycles. The fourth-order valence-electron chi connectivity index (χ4n) is 3.68. The number of imidazole rings is 1. The Morgan fingerprint density at radius 2 is 1.97 bits per heavy atom. The zero-order valence-corrected chi connectivity index (χ0v) is 18.9. The van der Waals surface area contributed by atoms with Crippen molar-refractivity contribution in [2.75, 3.05) is 20.6 Å². The Morgan fingerprint density at radius 1 is 1.23 bits per heavy atom. The van der Waals surface area contributed by atoms with Crippen LogP contribution in [0.1, 0.15) is 43.4 Å². The average Bonchev–Trinajstić information content (AvgIpc) is 2.91. The van der Waals surface area contributed by atoms with Crippen molar-refractivity contribution in [3.8, 4) is 11.4 Å². The summed E-state index contributed by atoms with van der Waals surface area (Å²) in [4.78, 5) is 36.7. The second-order valence-electron chi connectivity index (χ2n) is 8.75. The number of likely N-dealkylation sites (N-methyl/N-ethyl adjacent to an activating group) is 1. The first-order chi connectivity index (χ1) is 14.1. The van der Waals surface area contributed by atoms with E-state index in [2.05, 4.69) is 25.1 Å². The molecule has 162 valence electrons. The van der Waals surface area contributed by atoms with Crippen LogP contribution >= 0.6 is 11.6 Å². The largest absolute Gasteiger partial charge is 0.357 e. The molecule has 0 unspecified atom stereocenters. The van der Waals surface area contributed by atoms with Crippen molar-refractivity contribution in [3.63, 3.8) is 0 Å². The van der Waals surface area contributed by atoms with Gasteiger partial charge in [0.1, 0.15) is 11.9 Å². The molecule has 0 saturated heterocycles. The van der Waals surface area contributed by atoms with Gasteiger partial charge in [0.25, 0.3) is 5.91 Å². The summed E-state index contributed by atoms with van der Waals surface area (Å²) in [7, 11) is 3.59. The maximum absolute atomic E-state index is 13.3. The average molecular weight is 433 g/mol. The van der Waals surface area contributed by atoms with Gasteiger partial charge in [-0.2, -0.15) is 0 Å². The van der Waals surface area contributed by atoms with Crippen LogP contribution in [0.5, 0.6) is 0 Å². The molecule has 2 aromatic rings. The normalized spacial score (nSPS) is 15.8. The Kier molecular flexibility index (Phi) is 6.47. The molecule has 2 amide bonds. The minimum Gasteiger partial charge on any atom is -0.357 e. The van der Waals surface area contributed by atoms with Crippen molar-refractivity contribution in [2.45, 2.75) is 46.3 Å². The molecule has 0 aliphatic carbocycles. The van der Waals surface area contributed by atoms with Crippen LogP contribution in [0.2, 0.25) is 5.02 Å². The summed E-state index contributed by atoms with van der Waals surface area (Å²) in [6, 6.07) is 1.11. The van der Waals surface area contributed by atoms with Crippen molar-refractivity contribution in [1.82, 2.24) is 30.1 Å². The van der Waals surface area contributed by atoms with Gasteiger partial charge in [-0.3, -0.25) is 14.6 Å². The lowest BCUT2D eigenvalue weighted by atomic mass is 9.86. The van der Waals surface area contributed by atoms with Gasteiger partial charge >= 0.3 is 0 Å². The van der Waals surface area contributed by atoms with Crippen LogP contribution in [0.25, 0.3) is 11.4 Å². The molecule has 3 heterocycles. The molecule has 0 bridgehead atoms. The van der Waals surface area contributed by atoms with Gasteiger partial charge < -0.3 is 20.1 Å². The van der Waals surface area contributed by atoms with E-state index in [9.17, 15) is 9.59 Å². The zero-order valence-electron chi connectivity index (χ0n) is 18.1. The standard InChI is InChI=1S/C21H29ClN6O2/c1-21(2,3)17(20(30)23-4)26-19(29)16-15-12-27(5)7-6-8-28(15)18(25-16)13-9-14(22)11-24-10-13/h9-11,17H,6-8,12H2,1-5H3,(H,23,30)(H,26,29)/t17-/m1/s1. The maximum atomic E-state index is 13.3. The van der Waals surface area contributed by atoms with Crippen LogP contribution in [0.4, 0.5) is 0 Å². The Morgan fingerprint density at radius 3 is 2.60 bits per heavy atom. The van der Waals surface area contributed by atoms with Gasteiger partial charge in [0.2, 0.25) is 5.91 Å². The van der Waals surface area contributed by atoms with Gasteiger partial charge in [-0.05, 0) is 31.5 Å². The number of aromatic nitrogens is 3. The third kappa shape index (κ3) is 4.65. The lowest BCUT2D eigenvalue weighted by molar-refractivity contribution is -0.124. The quantitative estimate of drug-likeness (QED) is 0.773. The van der Waals surface area contributed by atoms with Crippen LogP contribution in [-0.2, 0) is 17.9 Å². The molecule has 9 heteroatoms. The van der Waals surface area contributed by atoms with Crippen molar-refractivity contribution < 1.29 is 9.59 Å². The van der Waals surface area contributed by atoms with Crippen molar-refractivity contribution >= 4 is 23.4 Å². The third-order valence-corrected chi connectivity index (χ3v) is 5.45. The number of rotatable bonds is 4. The number of halogens is 1. The number of hydrogen-bond acceptors (Lipinski definition) is 5. The number of nitrogens with one attached hydrogen (secondary N) is 2. The lowest BCUT2D eigenvalue weighted by Gasteiger charge is -2.29. The summed E-state index contributed by atoms with van der Waals surface area (Å²) >= 11 is 6.14. The van der Waals surface area contributed by atoms with Gasteiger partial charge in [0.15, 0.2) is 5.69 Å². The Bertz CT molecular complexity index is 949. The Hall–Kier alpha value is -2.45. The summed E-state index contributed by atoms with van der Waals surface area (Å²) in [6.07, 6.45) is 4.20. The smallest absolute Gasteiger partial charge is 0.272 e. The molecule has 0 fully saturated rings. The second-order valence-corrected chi connectivity index (χ2v) is 9.19. The van der Waals surface area contributed by atoms with Crippen LogP contribution in [-0.4, -0.2) is 57.9 Å². The fourth-order valence-corrected chi connectivity index (χ4v) is 3.85. The molecule has 1 atom stereocenters. The zero-order chi connectivity index (χ0) is 22.1. The topological polar surface area (TPSA) is 92.1 Å².